The second-order valence-corrected chi connectivity index (χ2v) is 10.6. The van der Waals surface area contributed by atoms with E-state index in [4.69, 9.17) is 4.74 Å². The lowest BCUT2D eigenvalue weighted by molar-refractivity contribution is 0.0596. The maximum Gasteiger partial charge on any atom is 0.339 e. The van der Waals surface area contributed by atoms with Crippen molar-refractivity contribution in [3.05, 3.63) is 89.2 Å². The number of anilines is 1. The van der Waals surface area contributed by atoms with Crippen LogP contribution in [-0.4, -0.2) is 57.3 Å². The van der Waals surface area contributed by atoms with Gasteiger partial charge in [0.25, 0.3) is 0 Å². The Morgan fingerprint density at radius 3 is 2.50 bits per heavy atom. The summed E-state index contributed by atoms with van der Waals surface area (Å²) in [5.74, 6) is -0.661. The van der Waals surface area contributed by atoms with E-state index in [0.29, 0.717) is 6.54 Å². The maximum absolute atomic E-state index is 12.4. The molecular formula is C26H29N3O4S. The molecule has 178 valence electrons. The highest BCUT2D eigenvalue weighted by Crippen LogP contribution is 2.32. The zero-order chi connectivity index (χ0) is 24.3. The van der Waals surface area contributed by atoms with E-state index in [1.165, 1.54) is 12.7 Å². The van der Waals surface area contributed by atoms with Gasteiger partial charge in [-0.05, 0) is 42.3 Å². The number of ether oxygens (including phenoxy) is 1. The van der Waals surface area contributed by atoms with Gasteiger partial charge in [-0.1, -0.05) is 36.4 Å². The predicted octanol–water partition coefficient (Wildman–Crippen LogP) is 3.64. The number of hydrogen-bond acceptors (Lipinski definition) is 7. The Labute approximate surface area is 200 Å². The maximum atomic E-state index is 12.4. The number of methoxy groups -OCH3 is 1. The van der Waals surface area contributed by atoms with Crippen molar-refractivity contribution < 1.29 is 17.9 Å². The summed E-state index contributed by atoms with van der Waals surface area (Å²) in [5.41, 5.74) is 4.17. The molecule has 0 saturated carbocycles. The molecule has 7 nitrogen and oxygen atoms in total. The second-order valence-electron chi connectivity index (χ2n) is 8.60. The van der Waals surface area contributed by atoms with Gasteiger partial charge in [0.2, 0.25) is 0 Å². The van der Waals surface area contributed by atoms with Gasteiger partial charge in [0.05, 0.1) is 23.6 Å². The molecule has 0 N–H and O–H groups in total. The fourth-order valence-electron chi connectivity index (χ4n) is 4.36. The zero-order valence-corrected chi connectivity index (χ0v) is 20.5. The third-order valence-electron chi connectivity index (χ3n) is 6.17. The topological polar surface area (TPSA) is 79.8 Å². The van der Waals surface area contributed by atoms with Crippen molar-refractivity contribution in [3.63, 3.8) is 0 Å². The molecular weight excluding hydrogens is 450 g/mol. The molecule has 0 spiro atoms. The Kier molecular flexibility index (Phi) is 7.00. The number of carbonyl (C=O) groups excluding carboxylic acids is 1. The van der Waals surface area contributed by atoms with Crippen LogP contribution in [0.3, 0.4) is 0 Å². The molecule has 1 unspecified atom stereocenters. The first kappa shape index (κ1) is 23.9. The Morgan fingerprint density at radius 1 is 1.09 bits per heavy atom. The average Bonchev–Trinajstić information content (AvgIpc) is 2.85. The molecule has 1 fully saturated rings. The minimum atomic E-state index is -3.62. The quantitative estimate of drug-likeness (QED) is 0.500. The molecule has 3 aromatic rings. The normalized spacial score (nSPS) is 16.9. The molecule has 4 rings (SSSR count). The van der Waals surface area contributed by atoms with E-state index >= 15 is 0 Å². The smallest absolute Gasteiger partial charge is 0.339 e. The van der Waals surface area contributed by atoms with Crippen molar-refractivity contribution >= 4 is 21.5 Å². The third-order valence-corrected chi connectivity index (χ3v) is 7.31. The number of rotatable bonds is 6. The van der Waals surface area contributed by atoms with Crippen molar-refractivity contribution in [1.82, 2.24) is 9.88 Å². The van der Waals surface area contributed by atoms with E-state index in [-0.39, 0.29) is 16.5 Å². The summed E-state index contributed by atoms with van der Waals surface area (Å²) in [6.45, 7) is 4.95. The van der Waals surface area contributed by atoms with E-state index in [1.54, 1.807) is 18.2 Å². The number of hydrogen-bond donors (Lipinski definition) is 0. The lowest BCUT2D eigenvalue weighted by Crippen LogP contribution is -2.48. The summed E-state index contributed by atoms with van der Waals surface area (Å²) in [6, 6.07) is 19.5. The van der Waals surface area contributed by atoms with Gasteiger partial charge in [0, 0.05) is 50.0 Å². The number of nitrogens with zero attached hydrogens (tertiary/aromatic N) is 3. The molecule has 1 aromatic heterocycles. The lowest BCUT2D eigenvalue weighted by Gasteiger charge is -2.43. The standard InChI is InChI=1S/C26H29N3O4S/c1-19-9-10-20(16-27-19)17-29-14-13-28(18-24(29)21-7-5-4-6-8-21)22-11-12-23(26(30)33-2)25(15-22)34(3,31)32/h4-12,15-16,24H,13-14,17-18H2,1-3H3. The number of aryl methyl sites for hydroxylation is 1. The van der Waals surface area contributed by atoms with Gasteiger partial charge in [-0.3, -0.25) is 9.88 Å². The molecule has 0 aliphatic carbocycles. The molecule has 2 aromatic carbocycles. The molecule has 34 heavy (non-hydrogen) atoms. The van der Waals surface area contributed by atoms with Crippen molar-refractivity contribution in [3.8, 4) is 0 Å². The molecule has 1 atom stereocenters. The molecule has 2 heterocycles. The van der Waals surface area contributed by atoms with E-state index < -0.39 is 15.8 Å². The summed E-state index contributed by atoms with van der Waals surface area (Å²) in [6.07, 6.45) is 3.03. The Balaban J connectivity index is 1.65. The number of esters is 1. The van der Waals surface area contributed by atoms with Crippen molar-refractivity contribution in [2.24, 2.45) is 0 Å². The first-order valence-corrected chi connectivity index (χ1v) is 13.0. The van der Waals surface area contributed by atoms with Gasteiger partial charge in [0.15, 0.2) is 9.84 Å². The molecule has 0 amide bonds. The number of aromatic nitrogens is 1. The van der Waals surface area contributed by atoms with Crippen LogP contribution in [0.5, 0.6) is 0 Å². The van der Waals surface area contributed by atoms with Crippen molar-refractivity contribution in [1.29, 1.82) is 0 Å². The average molecular weight is 480 g/mol. The Bertz CT molecular complexity index is 1260. The molecule has 1 saturated heterocycles. The summed E-state index contributed by atoms with van der Waals surface area (Å²) < 4.78 is 29.6. The molecule has 0 bridgehead atoms. The molecule has 0 radical (unpaired) electrons. The van der Waals surface area contributed by atoms with E-state index in [2.05, 4.69) is 33.0 Å². The zero-order valence-electron chi connectivity index (χ0n) is 19.6. The highest BCUT2D eigenvalue weighted by Gasteiger charge is 2.30. The van der Waals surface area contributed by atoms with E-state index in [0.717, 1.165) is 42.8 Å². The van der Waals surface area contributed by atoms with Crippen LogP contribution in [0, 0.1) is 6.92 Å². The van der Waals surface area contributed by atoms with Crippen LogP contribution in [0.4, 0.5) is 5.69 Å². The van der Waals surface area contributed by atoms with Crippen LogP contribution >= 0.6 is 0 Å². The lowest BCUT2D eigenvalue weighted by atomic mass is 10.0. The minimum absolute atomic E-state index is 0.0127. The largest absolute Gasteiger partial charge is 0.465 e. The van der Waals surface area contributed by atoms with Gasteiger partial charge >= 0.3 is 5.97 Å². The fourth-order valence-corrected chi connectivity index (χ4v) is 5.24. The van der Waals surface area contributed by atoms with Crippen LogP contribution < -0.4 is 4.90 Å². The van der Waals surface area contributed by atoms with Gasteiger partial charge in [-0.15, -0.1) is 0 Å². The van der Waals surface area contributed by atoms with Crippen LogP contribution in [0.2, 0.25) is 0 Å². The van der Waals surface area contributed by atoms with Gasteiger partial charge in [0.1, 0.15) is 0 Å². The number of benzene rings is 2. The predicted molar refractivity (Wildman–Crippen MR) is 132 cm³/mol. The third kappa shape index (κ3) is 5.29. The SMILES string of the molecule is COC(=O)c1ccc(N2CCN(Cc3ccc(C)nc3)C(c3ccccc3)C2)cc1S(C)(=O)=O. The first-order valence-electron chi connectivity index (χ1n) is 11.1. The van der Waals surface area contributed by atoms with Crippen LogP contribution in [0.15, 0.2) is 71.8 Å². The Hall–Kier alpha value is -3.23. The van der Waals surface area contributed by atoms with Gasteiger partial charge in [-0.25, -0.2) is 13.2 Å². The number of carbonyl (C=O) groups is 1. The van der Waals surface area contributed by atoms with Crippen LogP contribution in [-0.2, 0) is 21.1 Å². The first-order chi connectivity index (χ1) is 16.3. The summed E-state index contributed by atoms with van der Waals surface area (Å²) >= 11 is 0. The number of sulfone groups is 1. The number of pyridine rings is 1. The summed E-state index contributed by atoms with van der Waals surface area (Å²) in [5, 5.41) is 0. The highest BCUT2D eigenvalue weighted by molar-refractivity contribution is 7.90. The molecule has 1 aliphatic heterocycles. The van der Waals surface area contributed by atoms with Crippen molar-refractivity contribution in [2.75, 3.05) is 37.9 Å². The van der Waals surface area contributed by atoms with Gasteiger partial charge in [-0.2, -0.15) is 0 Å². The van der Waals surface area contributed by atoms with Crippen molar-refractivity contribution in [2.45, 2.75) is 24.4 Å². The Morgan fingerprint density at radius 2 is 1.85 bits per heavy atom. The monoisotopic (exact) mass is 479 g/mol. The number of piperazine rings is 1. The summed E-state index contributed by atoms with van der Waals surface area (Å²) in [7, 11) is -2.37. The molecule has 8 heteroatoms. The van der Waals surface area contributed by atoms with E-state index in [1.807, 2.05) is 37.4 Å². The van der Waals surface area contributed by atoms with Crippen LogP contribution in [0.25, 0.3) is 0 Å². The fraction of sp³-hybridized carbons (Fsp3) is 0.308. The molecule has 1 aliphatic rings. The van der Waals surface area contributed by atoms with E-state index in [9.17, 15) is 13.2 Å². The van der Waals surface area contributed by atoms with Crippen LogP contribution in [0.1, 0.15) is 33.2 Å². The minimum Gasteiger partial charge on any atom is -0.465 e. The highest BCUT2D eigenvalue weighted by atomic mass is 32.2. The van der Waals surface area contributed by atoms with Gasteiger partial charge < -0.3 is 9.64 Å². The summed E-state index contributed by atoms with van der Waals surface area (Å²) in [4.78, 5) is 21.2. The second kappa shape index (κ2) is 9.95.